The standard InChI is InChI=1S/C28H33ClN4O4/c1-15-13-18(16(2)30-20-5-6-21(29)31-23(20)25(36)37)22-19(14-15)24(35)33(4)26(32-22)28-10-7-27(8-11-28,9-12-28)17(3)34/h5-6,13-14,16-17,30,34H,7-12H2,1-4H3,(H,36,37)/t16-,17?,27?,28?/m1/s1. The second-order valence-corrected chi connectivity index (χ2v) is 11.5. The number of pyridine rings is 1. The summed E-state index contributed by atoms with van der Waals surface area (Å²) in [6.07, 6.45) is 5.15. The lowest BCUT2D eigenvalue weighted by atomic mass is 9.52. The number of carboxylic acids is 1. The van der Waals surface area contributed by atoms with Crippen LogP contribution in [-0.2, 0) is 12.5 Å². The first kappa shape index (κ1) is 25.7. The van der Waals surface area contributed by atoms with E-state index in [2.05, 4.69) is 10.3 Å². The molecule has 8 nitrogen and oxygen atoms in total. The van der Waals surface area contributed by atoms with Crippen molar-refractivity contribution in [1.82, 2.24) is 14.5 Å². The van der Waals surface area contributed by atoms with E-state index in [-0.39, 0.29) is 39.4 Å². The molecule has 0 spiro atoms. The van der Waals surface area contributed by atoms with Crippen LogP contribution in [0.1, 0.15) is 85.9 Å². The van der Waals surface area contributed by atoms with Gasteiger partial charge in [0.05, 0.1) is 28.7 Å². The predicted octanol–water partition coefficient (Wildman–Crippen LogP) is 5.13. The number of aliphatic hydroxyl groups excluding tert-OH is 1. The van der Waals surface area contributed by atoms with Gasteiger partial charge in [-0.05, 0) is 88.5 Å². The molecule has 37 heavy (non-hydrogen) atoms. The molecule has 2 aromatic heterocycles. The van der Waals surface area contributed by atoms with E-state index in [4.69, 9.17) is 16.6 Å². The van der Waals surface area contributed by atoms with Gasteiger partial charge < -0.3 is 15.5 Å². The first-order chi connectivity index (χ1) is 17.5. The molecular formula is C28H33ClN4O4. The van der Waals surface area contributed by atoms with Gasteiger partial charge in [-0.2, -0.15) is 0 Å². The van der Waals surface area contributed by atoms with Crippen molar-refractivity contribution in [2.75, 3.05) is 5.32 Å². The molecule has 0 radical (unpaired) electrons. The number of carboxylic acid groups (broad SMARTS) is 1. The molecule has 2 bridgehead atoms. The Balaban J connectivity index is 1.60. The second kappa shape index (κ2) is 9.10. The number of aromatic carboxylic acids is 1. The van der Waals surface area contributed by atoms with Crippen LogP contribution in [0, 0.1) is 12.3 Å². The maximum absolute atomic E-state index is 13.7. The van der Waals surface area contributed by atoms with Crippen LogP contribution in [0.5, 0.6) is 0 Å². The van der Waals surface area contributed by atoms with Crippen LogP contribution in [0.25, 0.3) is 10.9 Å². The average molecular weight is 525 g/mol. The summed E-state index contributed by atoms with van der Waals surface area (Å²) in [5, 5.41) is 24.0. The minimum Gasteiger partial charge on any atom is -0.476 e. The highest BCUT2D eigenvalue weighted by Crippen LogP contribution is 2.58. The maximum atomic E-state index is 13.7. The molecule has 0 aliphatic heterocycles. The number of carbonyl (C=O) groups is 1. The van der Waals surface area contributed by atoms with Crippen LogP contribution in [0.15, 0.2) is 29.1 Å². The topological polar surface area (TPSA) is 117 Å². The first-order valence-electron chi connectivity index (χ1n) is 12.8. The van der Waals surface area contributed by atoms with E-state index in [1.165, 1.54) is 0 Å². The lowest BCUT2D eigenvalue weighted by Gasteiger charge is -2.54. The van der Waals surface area contributed by atoms with Crippen LogP contribution in [0.4, 0.5) is 5.69 Å². The Hall–Kier alpha value is -2.97. The monoisotopic (exact) mass is 524 g/mol. The first-order valence-corrected chi connectivity index (χ1v) is 13.2. The Morgan fingerprint density at radius 1 is 1.11 bits per heavy atom. The average Bonchev–Trinajstić information content (AvgIpc) is 2.87. The van der Waals surface area contributed by atoms with Crippen molar-refractivity contribution in [2.24, 2.45) is 12.5 Å². The number of aromatic nitrogens is 3. The van der Waals surface area contributed by atoms with Gasteiger partial charge in [-0.15, -0.1) is 0 Å². The minimum atomic E-state index is -1.18. The minimum absolute atomic E-state index is 0.0212. The third-order valence-corrected chi connectivity index (χ3v) is 9.13. The Morgan fingerprint density at radius 3 is 2.35 bits per heavy atom. The van der Waals surface area contributed by atoms with Crippen LogP contribution >= 0.6 is 11.6 Å². The molecule has 3 aromatic rings. The number of fused-ring (bicyclic) bond motifs is 4. The van der Waals surface area contributed by atoms with Crippen LogP contribution in [0.3, 0.4) is 0 Å². The summed E-state index contributed by atoms with van der Waals surface area (Å²) in [6, 6.07) is 6.66. The number of hydrogen-bond acceptors (Lipinski definition) is 6. The van der Waals surface area contributed by atoms with E-state index in [0.717, 1.165) is 55.5 Å². The summed E-state index contributed by atoms with van der Waals surface area (Å²) in [7, 11) is 1.81. The van der Waals surface area contributed by atoms with Gasteiger partial charge in [0, 0.05) is 18.0 Å². The van der Waals surface area contributed by atoms with E-state index in [1.807, 2.05) is 40.0 Å². The Morgan fingerprint density at radius 2 is 1.76 bits per heavy atom. The van der Waals surface area contributed by atoms with Crippen molar-refractivity contribution in [3.8, 4) is 0 Å². The predicted molar refractivity (Wildman–Crippen MR) is 143 cm³/mol. The van der Waals surface area contributed by atoms with E-state index in [0.29, 0.717) is 16.6 Å². The zero-order valence-corrected chi connectivity index (χ0v) is 22.4. The molecule has 6 rings (SSSR count). The molecule has 2 atom stereocenters. The fraction of sp³-hybridized carbons (Fsp3) is 0.500. The summed E-state index contributed by atoms with van der Waals surface area (Å²) >= 11 is 5.93. The molecule has 0 saturated heterocycles. The molecule has 196 valence electrons. The SMILES string of the molecule is Cc1cc([C@@H](C)Nc2ccc(Cl)nc2C(=O)O)c2nc(C34CCC(C(C)O)(CC3)CC4)n(C)c(=O)c2c1. The number of aryl methyl sites for hydroxylation is 1. The van der Waals surface area contributed by atoms with Crippen LogP contribution < -0.4 is 10.9 Å². The van der Waals surface area contributed by atoms with Gasteiger partial charge in [-0.25, -0.2) is 14.8 Å². The quantitative estimate of drug-likeness (QED) is 0.382. The number of nitrogens with one attached hydrogen (secondary N) is 1. The Kier molecular flexibility index (Phi) is 6.31. The molecule has 1 aromatic carbocycles. The number of anilines is 1. The third kappa shape index (κ3) is 4.20. The number of aliphatic hydroxyl groups is 1. The lowest BCUT2D eigenvalue weighted by Crippen LogP contribution is -2.50. The summed E-state index contributed by atoms with van der Waals surface area (Å²) < 4.78 is 1.72. The van der Waals surface area contributed by atoms with Gasteiger partial charge >= 0.3 is 5.97 Å². The van der Waals surface area contributed by atoms with Crippen molar-refractivity contribution >= 4 is 34.2 Å². The molecular weight excluding hydrogens is 492 g/mol. The normalized spacial score (nSPS) is 24.7. The van der Waals surface area contributed by atoms with Gasteiger partial charge in [0.1, 0.15) is 11.0 Å². The van der Waals surface area contributed by atoms with Crippen molar-refractivity contribution in [1.29, 1.82) is 0 Å². The molecule has 2 heterocycles. The largest absolute Gasteiger partial charge is 0.476 e. The van der Waals surface area contributed by atoms with Gasteiger partial charge in [-0.3, -0.25) is 9.36 Å². The number of hydrogen-bond donors (Lipinski definition) is 3. The van der Waals surface area contributed by atoms with Gasteiger partial charge in [0.2, 0.25) is 0 Å². The number of halogens is 1. The molecule has 0 amide bonds. The molecule has 9 heteroatoms. The molecule has 3 saturated carbocycles. The Bertz CT molecular complexity index is 1440. The summed E-state index contributed by atoms with van der Waals surface area (Å²) in [6.45, 7) is 5.76. The smallest absolute Gasteiger partial charge is 0.356 e. The summed E-state index contributed by atoms with van der Waals surface area (Å²) in [4.78, 5) is 34.6. The van der Waals surface area contributed by atoms with Crippen molar-refractivity contribution in [3.05, 3.63) is 62.4 Å². The lowest BCUT2D eigenvalue weighted by molar-refractivity contribution is -0.0579. The van der Waals surface area contributed by atoms with Gasteiger partial charge in [0.15, 0.2) is 5.69 Å². The van der Waals surface area contributed by atoms with Gasteiger partial charge in [-0.1, -0.05) is 17.7 Å². The number of benzene rings is 1. The molecule has 3 aliphatic carbocycles. The molecule has 3 N–H and O–H groups in total. The van der Waals surface area contributed by atoms with Gasteiger partial charge in [0.25, 0.3) is 5.56 Å². The highest BCUT2D eigenvalue weighted by atomic mass is 35.5. The molecule has 3 aliphatic rings. The Labute approximate surface area is 220 Å². The summed E-state index contributed by atoms with van der Waals surface area (Å²) in [5.74, 6) is -0.372. The second-order valence-electron chi connectivity index (χ2n) is 11.1. The van der Waals surface area contributed by atoms with Crippen molar-refractivity contribution in [3.63, 3.8) is 0 Å². The zero-order valence-electron chi connectivity index (χ0n) is 21.6. The number of nitrogens with zero attached hydrogens (tertiary/aromatic N) is 3. The van der Waals surface area contributed by atoms with Crippen molar-refractivity contribution < 1.29 is 15.0 Å². The maximum Gasteiger partial charge on any atom is 0.356 e. The van der Waals surface area contributed by atoms with E-state index in [9.17, 15) is 19.8 Å². The van der Waals surface area contributed by atoms with Crippen LogP contribution in [0.2, 0.25) is 5.15 Å². The zero-order chi connectivity index (χ0) is 26.7. The molecule has 1 unspecified atom stereocenters. The van der Waals surface area contributed by atoms with E-state index < -0.39 is 5.97 Å². The van der Waals surface area contributed by atoms with Crippen LogP contribution in [-0.4, -0.2) is 36.8 Å². The third-order valence-electron chi connectivity index (χ3n) is 8.92. The fourth-order valence-corrected chi connectivity index (χ4v) is 6.71. The highest BCUT2D eigenvalue weighted by molar-refractivity contribution is 6.29. The van der Waals surface area contributed by atoms with E-state index in [1.54, 1.807) is 16.7 Å². The number of rotatable bonds is 6. The highest BCUT2D eigenvalue weighted by Gasteiger charge is 2.53. The van der Waals surface area contributed by atoms with E-state index >= 15 is 0 Å². The summed E-state index contributed by atoms with van der Waals surface area (Å²) in [5.41, 5.74) is 2.27. The fourth-order valence-electron chi connectivity index (χ4n) is 6.56. The van der Waals surface area contributed by atoms with Crippen molar-refractivity contribution in [2.45, 2.75) is 76.9 Å². The molecule has 3 fully saturated rings.